The molecular formula is C14H19F4NO2. The maximum Gasteiger partial charge on any atom is 0.411 e. The maximum absolute atomic E-state index is 12.9. The first-order chi connectivity index (χ1) is 9.83. The monoisotopic (exact) mass is 309 g/mol. The standard InChI is InChI=1S/C14H19F4NO2/c15-12-4-2-11(3-5-12)13(8-19,9-20)6-1-7-21-10-14(16,17)18/h2-5,20H,1,6-10,19H2. The van der Waals surface area contributed by atoms with Crippen molar-refractivity contribution in [2.24, 2.45) is 5.73 Å². The molecule has 0 heterocycles. The van der Waals surface area contributed by atoms with Gasteiger partial charge in [-0.05, 0) is 30.5 Å². The van der Waals surface area contributed by atoms with E-state index in [0.717, 1.165) is 0 Å². The van der Waals surface area contributed by atoms with Crippen molar-refractivity contribution in [1.29, 1.82) is 0 Å². The Kier molecular flexibility index (Phi) is 6.57. The van der Waals surface area contributed by atoms with Gasteiger partial charge < -0.3 is 15.6 Å². The maximum atomic E-state index is 12.9. The molecule has 0 aliphatic rings. The lowest BCUT2D eigenvalue weighted by molar-refractivity contribution is -0.174. The molecule has 0 saturated heterocycles. The van der Waals surface area contributed by atoms with Gasteiger partial charge in [0.15, 0.2) is 0 Å². The molecule has 1 rings (SSSR count). The largest absolute Gasteiger partial charge is 0.411 e. The van der Waals surface area contributed by atoms with Gasteiger partial charge in [-0.2, -0.15) is 13.2 Å². The molecule has 3 N–H and O–H groups in total. The van der Waals surface area contributed by atoms with Gasteiger partial charge >= 0.3 is 6.18 Å². The summed E-state index contributed by atoms with van der Waals surface area (Å²) >= 11 is 0. The van der Waals surface area contributed by atoms with Gasteiger partial charge in [-0.15, -0.1) is 0 Å². The molecule has 1 unspecified atom stereocenters. The van der Waals surface area contributed by atoms with Crippen LogP contribution in [0.5, 0.6) is 0 Å². The number of ether oxygens (including phenoxy) is 1. The van der Waals surface area contributed by atoms with Crippen LogP contribution < -0.4 is 5.73 Å². The zero-order valence-electron chi connectivity index (χ0n) is 11.5. The molecule has 0 saturated carbocycles. The van der Waals surface area contributed by atoms with E-state index >= 15 is 0 Å². The van der Waals surface area contributed by atoms with Crippen molar-refractivity contribution in [3.63, 3.8) is 0 Å². The molecule has 1 atom stereocenters. The molecule has 3 nitrogen and oxygen atoms in total. The van der Waals surface area contributed by atoms with Gasteiger partial charge in [-0.3, -0.25) is 0 Å². The van der Waals surface area contributed by atoms with E-state index in [9.17, 15) is 22.7 Å². The minimum absolute atomic E-state index is 0.0809. The Bertz CT molecular complexity index is 416. The van der Waals surface area contributed by atoms with Crippen molar-refractivity contribution < 1.29 is 27.4 Å². The van der Waals surface area contributed by atoms with Crippen molar-refractivity contribution in [3.8, 4) is 0 Å². The van der Waals surface area contributed by atoms with Crippen LogP contribution in [0.4, 0.5) is 17.6 Å². The Morgan fingerprint density at radius 1 is 1.14 bits per heavy atom. The van der Waals surface area contributed by atoms with Crippen LogP contribution in [0.1, 0.15) is 18.4 Å². The summed E-state index contributed by atoms with van der Waals surface area (Å²) < 4.78 is 53.3. The molecule has 7 heteroatoms. The van der Waals surface area contributed by atoms with E-state index in [1.54, 1.807) is 0 Å². The van der Waals surface area contributed by atoms with Crippen LogP contribution in [0.25, 0.3) is 0 Å². The zero-order valence-corrected chi connectivity index (χ0v) is 11.5. The van der Waals surface area contributed by atoms with Crippen LogP contribution in [-0.2, 0) is 10.2 Å². The molecule has 0 aromatic heterocycles. The lowest BCUT2D eigenvalue weighted by Gasteiger charge is -2.31. The molecular weight excluding hydrogens is 290 g/mol. The predicted octanol–water partition coefficient (Wildman–Crippen LogP) is 2.37. The number of hydrogen-bond acceptors (Lipinski definition) is 3. The fourth-order valence-electron chi connectivity index (χ4n) is 2.10. The molecule has 0 bridgehead atoms. The third-order valence-electron chi connectivity index (χ3n) is 3.36. The number of hydrogen-bond donors (Lipinski definition) is 2. The van der Waals surface area contributed by atoms with Crippen molar-refractivity contribution in [2.45, 2.75) is 24.4 Å². The fraction of sp³-hybridized carbons (Fsp3) is 0.571. The lowest BCUT2D eigenvalue weighted by Crippen LogP contribution is -2.39. The Morgan fingerprint density at radius 2 is 1.76 bits per heavy atom. The lowest BCUT2D eigenvalue weighted by atomic mass is 9.77. The average molecular weight is 309 g/mol. The van der Waals surface area contributed by atoms with Crippen molar-refractivity contribution in [1.82, 2.24) is 0 Å². The Hall–Kier alpha value is -1.18. The van der Waals surface area contributed by atoms with Crippen LogP contribution in [-0.4, -0.2) is 37.6 Å². The zero-order chi connectivity index (χ0) is 15.9. The highest BCUT2D eigenvalue weighted by atomic mass is 19.4. The minimum Gasteiger partial charge on any atom is -0.395 e. The van der Waals surface area contributed by atoms with Gasteiger partial charge in [-0.25, -0.2) is 4.39 Å². The summed E-state index contributed by atoms with van der Waals surface area (Å²) in [5, 5.41) is 9.59. The molecule has 120 valence electrons. The predicted molar refractivity (Wildman–Crippen MR) is 70.3 cm³/mol. The number of aliphatic hydroxyl groups is 1. The number of aliphatic hydroxyl groups excluding tert-OH is 1. The van der Waals surface area contributed by atoms with Gasteiger partial charge in [0.25, 0.3) is 0 Å². The fourth-order valence-corrected chi connectivity index (χ4v) is 2.10. The van der Waals surface area contributed by atoms with E-state index < -0.39 is 24.0 Å². The van der Waals surface area contributed by atoms with E-state index in [2.05, 4.69) is 4.74 Å². The van der Waals surface area contributed by atoms with Gasteiger partial charge in [-0.1, -0.05) is 12.1 Å². The molecule has 1 aromatic carbocycles. The van der Waals surface area contributed by atoms with Crippen LogP contribution in [0, 0.1) is 5.82 Å². The molecule has 0 spiro atoms. The Morgan fingerprint density at radius 3 is 2.24 bits per heavy atom. The second-order valence-electron chi connectivity index (χ2n) is 4.92. The van der Waals surface area contributed by atoms with Crippen LogP contribution in [0.3, 0.4) is 0 Å². The topological polar surface area (TPSA) is 55.5 Å². The van der Waals surface area contributed by atoms with Crippen molar-refractivity contribution in [2.75, 3.05) is 26.4 Å². The molecule has 0 fully saturated rings. The summed E-state index contributed by atoms with van der Waals surface area (Å²) in [7, 11) is 0. The number of nitrogens with two attached hydrogens (primary N) is 1. The molecule has 21 heavy (non-hydrogen) atoms. The van der Waals surface area contributed by atoms with Gasteiger partial charge in [0.1, 0.15) is 12.4 Å². The highest BCUT2D eigenvalue weighted by Crippen LogP contribution is 2.28. The minimum atomic E-state index is -4.35. The normalized spacial score (nSPS) is 15.0. The average Bonchev–Trinajstić information content (AvgIpc) is 2.43. The Balaban J connectivity index is 2.59. The third-order valence-corrected chi connectivity index (χ3v) is 3.36. The second-order valence-corrected chi connectivity index (χ2v) is 4.92. The molecule has 0 aliphatic carbocycles. The molecule has 0 amide bonds. The quantitative estimate of drug-likeness (QED) is 0.572. The first kappa shape index (κ1) is 17.9. The second kappa shape index (κ2) is 7.72. The summed E-state index contributed by atoms with van der Waals surface area (Å²) in [4.78, 5) is 0. The smallest absolute Gasteiger partial charge is 0.395 e. The van der Waals surface area contributed by atoms with E-state index in [1.165, 1.54) is 24.3 Å². The summed E-state index contributed by atoms with van der Waals surface area (Å²) in [6.07, 6.45) is -3.69. The van der Waals surface area contributed by atoms with Crippen LogP contribution in [0.2, 0.25) is 0 Å². The molecule has 1 aromatic rings. The first-order valence-corrected chi connectivity index (χ1v) is 6.54. The van der Waals surface area contributed by atoms with E-state index in [0.29, 0.717) is 18.4 Å². The molecule has 0 radical (unpaired) electrons. The van der Waals surface area contributed by atoms with Gasteiger partial charge in [0, 0.05) is 18.6 Å². The summed E-state index contributed by atoms with van der Waals surface area (Å²) in [5.41, 5.74) is 5.56. The Labute approximate surface area is 120 Å². The highest BCUT2D eigenvalue weighted by molar-refractivity contribution is 5.26. The van der Waals surface area contributed by atoms with Gasteiger partial charge in [0.05, 0.1) is 6.61 Å². The first-order valence-electron chi connectivity index (χ1n) is 6.54. The highest BCUT2D eigenvalue weighted by Gasteiger charge is 2.30. The molecule has 0 aliphatic heterocycles. The number of halogens is 4. The van der Waals surface area contributed by atoms with Crippen molar-refractivity contribution >= 4 is 0 Å². The number of rotatable bonds is 8. The summed E-state index contributed by atoms with van der Waals surface area (Å²) in [6, 6.07) is 5.56. The third kappa shape index (κ3) is 5.61. The number of alkyl halides is 3. The van der Waals surface area contributed by atoms with E-state index in [1.807, 2.05) is 0 Å². The van der Waals surface area contributed by atoms with Gasteiger partial charge in [0.2, 0.25) is 0 Å². The van der Waals surface area contributed by atoms with Crippen molar-refractivity contribution in [3.05, 3.63) is 35.6 Å². The van der Waals surface area contributed by atoms with Crippen LogP contribution in [0.15, 0.2) is 24.3 Å². The summed E-state index contributed by atoms with van der Waals surface area (Å²) in [5.74, 6) is -0.406. The van der Waals surface area contributed by atoms with E-state index in [-0.39, 0.29) is 19.8 Å². The van der Waals surface area contributed by atoms with Crippen LogP contribution >= 0.6 is 0 Å². The SMILES string of the molecule is NCC(CO)(CCCOCC(F)(F)F)c1ccc(F)cc1. The van der Waals surface area contributed by atoms with E-state index in [4.69, 9.17) is 5.73 Å². The number of benzene rings is 1. The summed E-state index contributed by atoms with van der Waals surface area (Å²) in [6.45, 7) is -1.54.